The highest BCUT2D eigenvalue weighted by Crippen LogP contribution is 2.31. The zero-order chi connectivity index (χ0) is 23.7. The average molecular weight is 472 g/mol. The largest absolute Gasteiger partial charge is 0.322 e. The maximum Gasteiger partial charge on any atom is 0.255 e. The molecule has 1 aliphatic rings. The van der Waals surface area contributed by atoms with E-state index in [9.17, 15) is 13.2 Å². The summed E-state index contributed by atoms with van der Waals surface area (Å²) in [6.45, 7) is 2.50. The molecule has 5 rings (SSSR count). The van der Waals surface area contributed by atoms with Crippen molar-refractivity contribution in [1.82, 2.24) is 4.98 Å². The standard InChI is InChI=1S/C27H25N3O3S/c1-19-8-11-22(18-25(19)26-24-7-3-2-6-20(24)14-15-28-26)29-27(31)21-9-12-23(13-10-21)30-16-4-5-17-34(30,32)33/h2-3,6-15,18H,4-5,16-17H2,1H3,(H,29,31). The topological polar surface area (TPSA) is 79.4 Å². The molecule has 0 atom stereocenters. The van der Waals surface area contributed by atoms with E-state index in [1.165, 1.54) is 4.31 Å². The molecule has 1 aliphatic heterocycles. The van der Waals surface area contributed by atoms with E-state index in [2.05, 4.69) is 16.4 Å². The predicted octanol–water partition coefficient (Wildman–Crippen LogP) is 5.39. The Balaban J connectivity index is 1.39. The van der Waals surface area contributed by atoms with Gasteiger partial charge in [-0.05, 0) is 73.2 Å². The zero-order valence-electron chi connectivity index (χ0n) is 18.9. The Bertz CT molecular complexity index is 1480. The summed E-state index contributed by atoms with van der Waals surface area (Å²) in [4.78, 5) is 17.5. The third kappa shape index (κ3) is 4.26. The smallest absolute Gasteiger partial charge is 0.255 e. The monoisotopic (exact) mass is 471 g/mol. The van der Waals surface area contributed by atoms with Crippen LogP contribution >= 0.6 is 0 Å². The van der Waals surface area contributed by atoms with E-state index < -0.39 is 10.0 Å². The Morgan fingerprint density at radius 3 is 2.56 bits per heavy atom. The summed E-state index contributed by atoms with van der Waals surface area (Å²) in [5, 5.41) is 5.12. The van der Waals surface area contributed by atoms with Crippen LogP contribution in [0.4, 0.5) is 11.4 Å². The molecule has 6 nitrogen and oxygen atoms in total. The zero-order valence-corrected chi connectivity index (χ0v) is 19.7. The van der Waals surface area contributed by atoms with Gasteiger partial charge < -0.3 is 5.32 Å². The number of nitrogens with one attached hydrogen (secondary N) is 1. The van der Waals surface area contributed by atoms with E-state index in [1.54, 1.807) is 30.5 Å². The lowest BCUT2D eigenvalue weighted by atomic mass is 9.99. The van der Waals surface area contributed by atoms with Crippen molar-refractivity contribution in [1.29, 1.82) is 0 Å². The van der Waals surface area contributed by atoms with Gasteiger partial charge in [0.2, 0.25) is 10.0 Å². The van der Waals surface area contributed by atoms with Crippen molar-refractivity contribution in [2.24, 2.45) is 0 Å². The maximum absolute atomic E-state index is 12.9. The first-order valence-corrected chi connectivity index (χ1v) is 12.9. The van der Waals surface area contributed by atoms with Crippen molar-refractivity contribution in [2.75, 3.05) is 21.9 Å². The van der Waals surface area contributed by atoms with Crippen LogP contribution in [-0.4, -0.2) is 31.6 Å². The van der Waals surface area contributed by atoms with Gasteiger partial charge in [0.1, 0.15) is 0 Å². The first-order valence-electron chi connectivity index (χ1n) is 11.3. The Morgan fingerprint density at radius 1 is 0.971 bits per heavy atom. The SMILES string of the molecule is Cc1ccc(NC(=O)c2ccc(N3CCCCS3(=O)=O)cc2)cc1-c1nccc2ccccc12. The Labute approximate surface area is 199 Å². The van der Waals surface area contributed by atoms with Crippen LogP contribution in [0.25, 0.3) is 22.0 Å². The van der Waals surface area contributed by atoms with E-state index in [0.29, 0.717) is 29.9 Å². The molecule has 0 aliphatic carbocycles. The number of hydrogen-bond donors (Lipinski definition) is 1. The Morgan fingerprint density at radius 2 is 1.76 bits per heavy atom. The molecule has 172 valence electrons. The fourth-order valence-electron chi connectivity index (χ4n) is 4.35. The summed E-state index contributed by atoms with van der Waals surface area (Å²) in [6.07, 6.45) is 3.32. The van der Waals surface area contributed by atoms with Crippen LogP contribution < -0.4 is 9.62 Å². The minimum absolute atomic E-state index is 0.163. The van der Waals surface area contributed by atoms with Gasteiger partial charge in [-0.1, -0.05) is 30.3 Å². The second-order valence-electron chi connectivity index (χ2n) is 8.51. The molecule has 0 radical (unpaired) electrons. The number of rotatable bonds is 4. The van der Waals surface area contributed by atoms with Gasteiger partial charge in [0.15, 0.2) is 0 Å². The van der Waals surface area contributed by atoms with Gasteiger partial charge in [-0.25, -0.2) is 8.42 Å². The molecule has 1 amide bonds. The van der Waals surface area contributed by atoms with E-state index in [-0.39, 0.29) is 11.7 Å². The number of aryl methyl sites for hydroxylation is 1. The van der Waals surface area contributed by atoms with E-state index >= 15 is 0 Å². The lowest BCUT2D eigenvalue weighted by Gasteiger charge is -2.28. The fourth-order valence-corrected chi connectivity index (χ4v) is 5.99. The molecule has 0 bridgehead atoms. The molecule has 34 heavy (non-hydrogen) atoms. The molecular formula is C27H25N3O3S. The van der Waals surface area contributed by atoms with Gasteiger partial charge in [-0.15, -0.1) is 0 Å². The highest BCUT2D eigenvalue weighted by Gasteiger charge is 2.26. The minimum Gasteiger partial charge on any atom is -0.322 e. The van der Waals surface area contributed by atoms with Gasteiger partial charge in [0, 0.05) is 34.9 Å². The van der Waals surface area contributed by atoms with Crippen molar-refractivity contribution in [3.05, 3.63) is 90.1 Å². The number of pyridine rings is 1. The molecule has 1 aromatic heterocycles. The van der Waals surface area contributed by atoms with Crippen LogP contribution in [-0.2, 0) is 10.0 Å². The summed E-state index contributed by atoms with van der Waals surface area (Å²) in [5.41, 5.74) is 4.62. The number of aromatic nitrogens is 1. The van der Waals surface area contributed by atoms with Gasteiger partial charge in [-0.2, -0.15) is 0 Å². The molecule has 1 N–H and O–H groups in total. The first kappa shape index (κ1) is 22.1. The number of hydrogen-bond acceptors (Lipinski definition) is 4. The number of carbonyl (C=O) groups is 1. The van der Waals surface area contributed by atoms with Crippen LogP contribution in [0.2, 0.25) is 0 Å². The highest BCUT2D eigenvalue weighted by atomic mass is 32.2. The molecular weight excluding hydrogens is 446 g/mol. The van der Waals surface area contributed by atoms with Gasteiger partial charge in [0.05, 0.1) is 17.1 Å². The van der Waals surface area contributed by atoms with Crippen molar-refractivity contribution in [2.45, 2.75) is 19.8 Å². The molecule has 7 heteroatoms. The number of sulfonamides is 1. The number of amides is 1. The highest BCUT2D eigenvalue weighted by molar-refractivity contribution is 7.92. The Hall–Kier alpha value is -3.71. The van der Waals surface area contributed by atoms with Crippen molar-refractivity contribution in [3.63, 3.8) is 0 Å². The fraction of sp³-hybridized carbons (Fsp3) is 0.185. The molecule has 1 fully saturated rings. The van der Waals surface area contributed by atoms with Crippen LogP contribution in [0.1, 0.15) is 28.8 Å². The maximum atomic E-state index is 12.9. The quantitative estimate of drug-likeness (QED) is 0.433. The molecule has 4 aromatic rings. The van der Waals surface area contributed by atoms with Gasteiger partial charge >= 0.3 is 0 Å². The average Bonchev–Trinajstić information content (AvgIpc) is 2.85. The van der Waals surface area contributed by atoms with E-state index in [4.69, 9.17) is 0 Å². The normalized spacial score (nSPS) is 15.3. The lowest BCUT2D eigenvalue weighted by molar-refractivity contribution is 0.102. The van der Waals surface area contributed by atoms with Crippen molar-refractivity contribution < 1.29 is 13.2 Å². The van der Waals surface area contributed by atoms with E-state index in [1.807, 2.05) is 49.4 Å². The third-order valence-electron chi connectivity index (χ3n) is 6.19. The summed E-state index contributed by atoms with van der Waals surface area (Å²) < 4.78 is 26.1. The van der Waals surface area contributed by atoms with Gasteiger partial charge in [0.25, 0.3) is 5.91 Å². The molecule has 0 unspecified atom stereocenters. The third-order valence-corrected chi connectivity index (χ3v) is 8.06. The second-order valence-corrected chi connectivity index (χ2v) is 10.5. The van der Waals surface area contributed by atoms with Crippen molar-refractivity contribution >= 4 is 38.1 Å². The van der Waals surface area contributed by atoms with Crippen LogP contribution in [0.3, 0.4) is 0 Å². The Kier molecular flexibility index (Phi) is 5.79. The van der Waals surface area contributed by atoms with Crippen LogP contribution in [0.5, 0.6) is 0 Å². The van der Waals surface area contributed by atoms with Gasteiger partial charge in [-0.3, -0.25) is 14.1 Å². The summed E-state index contributed by atoms with van der Waals surface area (Å²) in [5.74, 6) is -0.0926. The molecule has 3 aromatic carbocycles. The van der Waals surface area contributed by atoms with E-state index in [0.717, 1.165) is 34.0 Å². The predicted molar refractivity (Wildman–Crippen MR) is 137 cm³/mol. The second kappa shape index (κ2) is 8.91. The number of fused-ring (bicyclic) bond motifs is 1. The number of benzene rings is 3. The molecule has 2 heterocycles. The summed E-state index contributed by atoms with van der Waals surface area (Å²) in [7, 11) is -3.28. The van der Waals surface area contributed by atoms with Crippen LogP contribution in [0, 0.1) is 6.92 Å². The number of nitrogens with zero attached hydrogens (tertiary/aromatic N) is 2. The first-order chi connectivity index (χ1) is 16.4. The number of anilines is 2. The molecule has 0 saturated carbocycles. The van der Waals surface area contributed by atoms with Crippen LogP contribution in [0.15, 0.2) is 79.0 Å². The minimum atomic E-state index is -3.28. The molecule has 1 saturated heterocycles. The summed E-state index contributed by atoms with van der Waals surface area (Å²) in [6, 6.07) is 22.6. The lowest BCUT2D eigenvalue weighted by Crippen LogP contribution is -2.37. The molecule has 0 spiro atoms. The number of carbonyl (C=O) groups excluding carboxylic acids is 1. The van der Waals surface area contributed by atoms with Crippen molar-refractivity contribution in [3.8, 4) is 11.3 Å². The summed E-state index contributed by atoms with van der Waals surface area (Å²) >= 11 is 0.